The van der Waals surface area contributed by atoms with Gasteiger partial charge in [0, 0.05) is 5.92 Å². The molecule has 5 rings (SSSR count). The number of fused-ring (bicyclic) bond motifs is 3. The average Bonchev–Trinajstić information content (AvgIpc) is 3.45. The van der Waals surface area contributed by atoms with Gasteiger partial charge in [-0.25, -0.2) is 9.48 Å². The van der Waals surface area contributed by atoms with Crippen molar-refractivity contribution in [3.8, 4) is 5.69 Å². The first-order valence-corrected chi connectivity index (χ1v) is 9.96. The summed E-state index contributed by atoms with van der Waals surface area (Å²) in [7, 11) is 0. The Hall–Kier alpha value is -3.41. The summed E-state index contributed by atoms with van der Waals surface area (Å²) in [5.74, 6) is 0.388. The Kier molecular flexibility index (Phi) is 4.39. The molecule has 2 aliphatic rings. The monoisotopic (exact) mass is 386 g/mol. The molecule has 3 atom stereocenters. The van der Waals surface area contributed by atoms with Gasteiger partial charge in [0.2, 0.25) is 0 Å². The number of carbonyl (C=O) groups excluding carboxylic acids is 1. The third-order valence-electron chi connectivity index (χ3n) is 5.81. The van der Waals surface area contributed by atoms with Gasteiger partial charge >= 0.3 is 5.97 Å². The number of hydrogen-bond acceptors (Lipinski definition) is 5. The number of aromatic nitrogens is 3. The van der Waals surface area contributed by atoms with Gasteiger partial charge in [0.25, 0.3) is 0 Å². The minimum Gasteiger partial charge on any atom is -0.462 e. The van der Waals surface area contributed by atoms with Crippen LogP contribution in [0.3, 0.4) is 0 Å². The lowest BCUT2D eigenvalue weighted by Crippen LogP contribution is -2.30. The summed E-state index contributed by atoms with van der Waals surface area (Å²) in [4.78, 5) is 12.6. The maximum atomic E-state index is 12.6. The molecule has 0 spiro atoms. The van der Waals surface area contributed by atoms with Crippen LogP contribution in [0.25, 0.3) is 5.69 Å². The SMILES string of the molecule is CCOC(=O)c1cccc2c1NC(c1cccc(-n3ccnn3)c1)C1CC=CC21. The molecular weight excluding hydrogens is 364 g/mol. The zero-order valence-electron chi connectivity index (χ0n) is 16.2. The van der Waals surface area contributed by atoms with E-state index in [4.69, 9.17) is 4.74 Å². The fraction of sp³-hybridized carbons (Fsp3) is 0.261. The van der Waals surface area contributed by atoms with E-state index in [1.807, 2.05) is 37.4 Å². The molecule has 3 unspecified atom stereocenters. The van der Waals surface area contributed by atoms with E-state index in [0.29, 0.717) is 18.1 Å². The van der Waals surface area contributed by atoms with Crippen molar-refractivity contribution in [2.45, 2.75) is 25.3 Å². The number of nitrogens with zero attached hydrogens (tertiary/aromatic N) is 3. The Labute approximate surface area is 169 Å². The number of ether oxygens (including phenoxy) is 1. The highest BCUT2D eigenvalue weighted by atomic mass is 16.5. The minimum atomic E-state index is -0.285. The number of esters is 1. The zero-order valence-corrected chi connectivity index (χ0v) is 16.2. The molecular formula is C23H22N4O2. The Morgan fingerprint density at radius 1 is 1.28 bits per heavy atom. The smallest absolute Gasteiger partial charge is 0.340 e. The summed E-state index contributed by atoms with van der Waals surface area (Å²) in [6.07, 6.45) is 9.02. The van der Waals surface area contributed by atoms with Crippen LogP contribution in [-0.2, 0) is 4.74 Å². The van der Waals surface area contributed by atoms with Gasteiger partial charge in [-0.05, 0) is 48.6 Å². The average molecular weight is 386 g/mol. The number of hydrogen-bond donors (Lipinski definition) is 1. The summed E-state index contributed by atoms with van der Waals surface area (Å²) in [5.41, 5.74) is 4.78. The van der Waals surface area contributed by atoms with Gasteiger partial charge in [-0.3, -0.25) is 0 Å². The number of benzene rings is 2. The van der Waals surface area contributed by atoms with E-state index in [2.05, 4.69) is 46.0 Å². The van der Waals surface area contributed by atoms with Crippen LogP contribution in [0.4, 0.5) is 5.69 Å². The van der Waals surface area contributed by atoms with Crippen LogP contribution >= 0.6 is 0 Å². The van der Waals surface area contributed by atoms with Gasteiger partial charge in [0.05, 0.1) is 42.0 Å². The largest absolute Gasteiger partial charge is 0.462 e. The summed E-state index contributed by atoms with van der Waals surface area (Å²) < 4.78 is 7.06. The molecule has 0 fully saturated rings. The number of allylic oxidation sites excluding steroid dienone is 2. The van der Waals surface area contributed by atoms with Gasteiger partial charge in [-0.1, -0.05) is 41.6 Å². The minimum absolute atomic E-state index is 0.0848. The maximum Gasteiger partial charge on any atom is 0.340 e. The van der Waals surface area contributed by atoms with Crippen LogP contribution in [0.5, 0.6) is 0 Å². The first-order chi connectivity index (χ1) is 14.3. The van der Waals surface area contributed by atoms with E-state index in [0.717, 1.165) is 23.4 Å². The highest BCUT2D eigenvalue weighted by Crippen LogP contribution is 2.50. The predicted molar refractivity (Wildman–Crippen MR) is 110 cm³/mol. The summed E-state index contributed by atoms with van der Waals surface area (Å²) in [6, 6.07) is 14.3. The molecule has 29 heavy (non-hydrogen) atoms. The van der Waals surface area contributed by atoms with E-state index < -0.39 is 0 Å². The van der Waals surface area contributed by atoms with Crippen molar-refractivity contribution in [2.75, 3.05) is 11.9 Å². The van der Waals surface area contributed by atoms with Crippen molar-refractivity contribution in [3.05, 3.63) is 83.7 Å². The number of carbonyl (C=O) groups is 1. The van der Waals surface area contributed by atoms with Crippen LogP contribution in [0.15, 0.2) is 67.0 Å². The molecule has 1 aromatic heterocycles. The first-order valence-electron chi connectivity index (χ1n) is 9.96. The lowest BCUT2D eigenvalue weighted by Gasteiger charge is -2.38. The molecule has 2 aromatic carbocycles. The first kappa shape index (κ1) is 17.7. The molecule has 1 aliphatic carbocycles. The molecule has 1 N–H and O–H groups in total. The number of rotatable bonds is 4. The van der Waals surface area contributed by atoms with Crippen LogP contribution in [0.1, 0.15) is 46.8 Å². The molecule has 0 bridgehead atoms. The molecule has 1 aliphatic heterocycles. The highest BCUT2D eigenvalue weighted by Gasteiger charge is 2.39. The molecule has 6 nitrogen and oxygen atoms in total. The molecule has 146 valence electrons. The van der Waals surface area contributed by atoms with Gasteiger partial charge < -0.3 is 10.1 Å². The van der Waals surface area contributed by atoms with Gasteiger partial charge in [-0.2, -0.15) is 0 Å². The molecule has 0 saturated heterocycles. The standard InChI is InChI=1S/C23H22N4O2/c1-2-29-23(28)20-11-5-10-19-17-8-4-9-18(17)21(25-22(19)20)15-6-3-7-16(14-15)27-13-12-24-26-27/h3-8,10-14,17-18,21,25H,2,9H2,1H3. The molecule has 2 heterocycles. The quantitative estimate of drug-likeness (QED) is 0.536. The van der Waals surface area contributed by atoms with Gasteiger partial charge in [0.1, 0.15) is 0 Å². The van der Waals surface area contributed by atoms with Crippen molar-refractivity contribution in [3.63, 3.8) is 0 Å². The van der Waals surface area contributed by atoms with Crippen molar-refractivity contribution in [1.82, 2.24) is 15.0 Å². The Bertz CT molecular complexity index is 1070. The van der Waals surface area contributed by atoms with Crippen molar-refractivity contribution >= 4 is 11.7 Å². The second-order valence-electron chi connectivity index (χ2n) is 7.41. The molecule has 0 amide bonds. The number of nitrogens with one attached hydrogen (secondary N) is 1. The summed E-state index contributed by atoms with van der Waals surface area (Å²) in [6.45, 7) is 2.19. The third-order valence-corrected chi connectivity index (χ3v) is 5.81. The van der Waals surface area contributed by atoms with Crippen molar-refractivity contribution in [2.24, 2.45) is 5.92 Å². The molecule has 0 radical (unpaired) electrons. The van der Waals surface area contributed by atoms with E-state index in [-0.39, 0.29) is 17.9 Å². The third kappa shape index (κ3) is 3.01. The summed E-state index contributed by atoms with van der Waals surface area (Å²) >= 11 is 0. The fourth-order valence-corrected chi connectivity index (χ4v) is 4.54. The number of anilines is 1. The topological polar surface area (TPSA) is 69.0 Å². The second-order valence-corrected chi connectivity index (χ2v) is 7.41. The van der Waals surface area contributed by atoms with Crippen LogP contribution < -0.4 is 5.32 Å². The van der Waals surface area contributed by atoms with Gasteiger partial charge in [-0.15, -0.1) is 5.10 Å². The second kappa shape index (κ2) is 7.20. The van der Waals surface area contributed by atoms with Crippen LogP contribution in [0.2, 0.25) is 0 Å². The lowest BCUT2D eigenvalue weighted by molar-refractivity contribution is 0.0527. The van der Waals surface area contributed by atoms with Crippen molar-refractivity contribution < 1.29 is 9.53 Å². The maximum absolute atomic E-state index is 12.6. The zero-order chi connectivity index (χ0) is 19.8. The van der Waals surface area contributed by atoms with Crippen molar-refractivity contribution in [1.29, 1.82) is 0 Å². The van der Waals surface area contributed by atoms with Crippen LogP contribution in [0, 0.1) is 5.92 Å². The highest BCUT2D eigenvalue weighted by molar-refractivity contribution is 5.97. The fourth-order valence-electron chi connectivity index (χ4n) is 4.54. The van der Waals surface area contributed by atoms with E-state index in [1.165, 1.54) is 5.56 Å². The Morgan fingerprint density at radius 2 is 2.17 bits per heavy atom. The summed E-state index contributed by atoms with van der Waals surface area (Å²) in [5, 5.41) is 11.7. The van der Waals surface area contributed by atoms with E-state index in [1.54, 1.807) is 10.9 Å². The number of para-hydroxylation sites is 1. The van der Waals surface area contributed by atoms with E-state index in [9.17, 15) is 4.79 Å². The molecule has 3 aromatic rings. The molecule has 0 saturated carbocycles. The van der Waals surface area contributed by atoms with E-state index >= 15 is 0 Å². The Balaban J connectivity index is 1.58. The van der Waals surface area contributed by atoms with Crippen LogP contribution in [-0.4, -0.2) is 27.6 Å². The predicted octanol–water partition coefficient (Wildman–Crippen LogP) is 4.27. The molecule has 6 heteroatoms. The van der Waals surface area contributed by atoms with Gasteiger partial charge in [0.15, 0.2) is 0 Å². The lowest BCUT2D eigenvalue weighted by atomic mass is 9.76. The Morgan fingerprint density at radius 3 is 3.00 bits per heavy atom. The normalized spacial score (nSPS) is 21.9.